The van der Waals surface area contributed by atoms with Crippen LogP contribution in [-0.4, -0.2) is 4.98 Å². The smallest absolute Gasteiger partial charge is 0.104 e. The number of hydrogen-bond donors (Lipinski definition) is 0. The summed E-state index contributed by atoms with van der Waals surface area (Å²) >= 11 is 1.70. The molecule has 1 nitrogen and oxygen atoms in total. The first-order valence-electron chi connectivity index (χ1n) is 3.22. The van der Waals surface area contributed by atoms with Gasteiger partial charge in [-0.15, -0.1) is 0 Å². The van der Waals surface area contributed by atoms with Crippen LogP contribution < -0.4 is 0 Å². The Morgan fingerprint density at radius 1 is 1.50 bits per heavy atom. The molecule has 1 aromatic heterocycles. The van der Waals surface area contributed by atoms with Gasteiger partial charge in [0.25, 0.3) is 0 Å². The average molecular weight is 149 g/mol. The quantitative estimate of drug-likeness (QED) is 0.561. The fourth-order valence-corrected chi connectivity index (χ4v) is 1.72. The van der Waals surface area contributed by atoms with E-state index in [0.29, 0.717) is 0 Å². The summed E-state index contributed by atoms with van der Waals surface area (Å²) in [5, 5.41) is 3.25. The Kier molecular flexibility index (Phi) is 1.47. The van der Waals surface area contributed by atoms with Crippen LogP contribution in [0.1, 0.15) is 5.56 Å². The maximum absolute atomic E-state index is 4.23. The maximum Gasteiger partial charge on any atom is 0.104 e. The molecule has 1 aliphatic heterocycles. The molecule has 0 fully saturated rings. The molecule has 2 rings (SSSR count). The van der Waals surface area contributed by atoms with Crippen molar-refractivity contribution in [1.29, 1.82) is 0 Å². The predicted molar refractivity (Wildman–Crippen MR) is 42.9 cm³/mol. The molecule has 2 heteroatoms. The van der Waals surface area contributed by atoms with E-state index < -0.39 is 0 Å². The molecule has 0 saturated heterocycles. The molecule has 0 atom stereocenters. The third-order valence-corrected chi connectivity index (χ3v) is 2.38. The van der Waals surface area contributed by atoms with Crippen molar-refractivity contribution in [3.05, 3.63) is 35.4 Å². The van der Waals surface area contributed by atoms with Crippen LogP contribution in [0.2, 0.25) is 0 Å². The van der Waals surface area contributed by atoms with E-state index >= 15 is 0 Å². The lowest BCUT2D eigenvalue weighted by atomic mass is 10.2. The van der Waals surface area contributed by atoms with Gasteiger partial charge in [-0.3, -0.25) is 0 Å². The minimum absolute atomic E-state index is 1.04. The van der Waals surface area contributed by atoms with Gasteiger partial charge >= 0.3 is 0 Å². The van der Waals surface area contributed by atoms with Crippen LogP contribution in [0.25, 0.3) is 0 Å². The van der Waals surface area contributed by atoms with Crippen LogP contribution in [0.15, 0.2) is 34.8 Å². The van der Waals surface area contributed by atoms with Crippen LogP contribution in [-0.2, 0) is 6.42 Å². The summed E-state index contributed by atoms with van der Waals surface area (Å²) in [6.07, 6.45) is 5.04. The molecule has 0 amide bonds. The number of rotatable bonds is 0. The van der Waals surface area contributed by atoms with Crippen molar-refractivity contribution in [2.45, 2.75) is 11.4 Å². The predicted octanol–water partition coefficient (Wildman–Crippen LogP) is 2.24. The fourth-order valence-electron chi connectivity index (χ4n) is 0.973. The van der Waals surface area contributed by atoms with Crippen molar-refractivity contribution in [3.8, 4) is 0 Å². The molecule has 0 bridgehead atoms. The van der Waals surface area contributed by atoms with Crippen molar-refractivity contribution in [2.75, 3.05) is 0 Å². The zero-order valence-electron chi connectivity index (χ0n) is 5.45. The molecule has 0 unspecified atom stereocenters. The standard InChI is InChI=1S/C8H7NS/c1-3-7-4-2-6-10-8(7)9-5-1/h1-3,5-6H,4H2. The first-order chi connectivity index (χ1) is 4.97. The second-order valence-electron chi connectivity index (χ2n) is 2.16. The zero-order chi connectivity index (χ0) is 6.81. The number of thioether (sulfide) groups is 1. The van der Waals surface area contributed by atoms with Crippen LogP contribution in [0.5, 0.6) is 0 Å². The lowest BCUT2D eigenvalue weighted by Crippen LogP contribution is -1.90. The minimum Gasteiger partial charge on any atom is -0.249 e. The maximum atomic E-state index is 4.23. The van der Waals surface area contributed by atoms with Gasteiger partial charge in [-0.25, -0.2) is 4.98 Å². The average Bonchev–Trinajstić information content (AvgIpc) is 2.05. The van der Waals surface area contributed by atoms with E-state index in [4.69, 9.17) is 0 Å². The molecular formula is C8H7NS. The number of hydrogen-bond acceptors (Lipinski definition) is 2. The summed E-state index contributed by atoms with van der Waals surface area (Å²) in [6, 6.07) is 4.11. The largest absolute Gasteiger partial charge is 0.249 e. The first-order valence-corrected chi connectivity index (χ1v) is 4.10. The SMILES string of the molecule is C1=CSc2ncccc2C1. The van der Waals surface area contributed by atoms with Crippen molar-refractivity contribution in [1.82, 2.24) is 4.98 Å². The van der Waals surface area contributed by atoms with Gasteiger partial charge in [0.1, 0.15) is 5.03 Å². The summed E-state index contributed by atoms with van der Waals surface area (Å²) in [4.78, 5) is 4.23. The molecule has 0 aromatic carbocycles. The number of nitrogens with zero attached hydrogens (tertiary/aromatic N) is 1. The van der Waals surface area contributed by atoms with E-state index in [0.717, 1.165) is 11.4 Å². The van der Waals surface area contributed by atoms with Crippen molar-refractivity contribution < 1.29 is 0 Å². The Morgan fingerprint density at radius 3 is 3.40 bits per heavy atom. The highest BCUT2D eigenvalue weighted by molar-refractivity contribution is 8.02. The van der Waals surface area contributed by atoms with Gasteiger partial charge in [-0.1, -0.05) is 23.9 Å². The minimum atomic E-state index is 1.04. The Balaban J connectivity index is 2.47. The Labute approximate surface area is 64.2 Å². The van der Waals surface area contributed by atoms with Crippen LogP contribution in [0, 0.1) is 0 Å². The summed E-state index contributed by atoms with van der Waals surface area (Å²) in [6.45, 7) is 0. The van der Waals surface area contributed by atoms with Gasteiger partial charge in [0.05, 0.1) is 0 Å². The molecule has 1 aliphatic rings. The van der Waals surface area contributed by atoms with Crippen molar-refractivity contribution >= 4 is 11.8 Å². The van der Waals surface area contributed by atoms with Crippen LogP contribution in [0.4, 0.5) is 0 Å². The number of allylic oxidation sites excluding steroid dienone is 1. The monoisotopic (exact) mass is 149 g/mol. The van der Waals surface area contributed by atoms with Gasteiger partial charge < -0.3 is 0 Å². The second kappa shape index (κ2) is 2.46. The summed E-state index contributed by atoms with van der Waals surface area (Å²) in [5.41, 5.74) is 1.34. The van der Waals surface area contributed by atoms with Gasteiger partial charge in [0.15, 0.2) is 0 Å². The molecule has 50 valence electrons. The molecule has 0 radical (unpaired) electrons. The molecule has 0 spiro atoms. The highest BCUT2D eigenvalue weighted by Gasteiger charge is 2.03. The first kappa shape index (κ1) is 5.98. The topological polar surface area (TPSA) is 12.9 Å². The second-order valence-corrected chi connectivity index (χ2v) is 3.06. The van der Waals surface area contributed by atoms with Gasteiger partial charge in [0.2, 0.25) is 0 Å². The van der Waals surface area contributed by atoms with Crippen LogP contribution >= 0.6 is 11.8 Å². The molecule has 10 heavy (non-hydrogen) atoms. The number of aromatic nitrogens is 1. The Hall–Kier alpha value is -0.760. The lowest BCUT2D eigenvalue weighted by Gasteiger charge is -2.06. The fraction of sp³-hybridized carbons (Fsp3) is 0.125. The third kappa shape index (κ3) is 0.948. The zero-order valence-corrected chi connectivity index (χ0v) is 6.27. The van der Waals surface area contributed by atoms with Crippen molar-refractivity contribution in [3.63, 3.8) is 0 Å². The molecule has 0 aliphatic carbocycles. The van der Waals surface area contributed by atoms with E-state index in [-0.39, 0.29) is 0 Å². The van der Waals surface area contributed by atoms with Gasteiger partial charge in [0, 0.05) is 6.20 Å². The van der Waals surface area contributed by atoms with E-state index in [1.54, 1.807) is 11.8 Å². The number of pyridine rings is 1. The Morgan fingerprint density at radius 2 is 2.50 bits per heavy atom. The summed E-state index contributed by atoms with van der Waals surface area (Å²) in [5.74, 6) is 0. The third-order valence-electron chi connectivity index (χ3n) is 1.46. The van der Waals surface area contributed by atoms with Crippen LogP contribution in [0.3, 0.4) is 0 Å². The van der Waals surface area contributed by atoms with E-state index in [1.807, 2.05) is 12.3 Å². The summed E-state index contributed by atoms with van der Waals surface area (Å²) in [7, 11) is 0. The molecule has 1 aromatic rings. The number of fused-ring (bicyclic) bond motifs is 1. The Bertz CT molecular complexity index is 241. The highest BCUT2D eigenvalue weighted by Crippen LogP contribution is 2.25. The van der Waals surface area contributed by atoms with Gasteiger partial charge in [-0.2, -0.15) is 0 Å². The molecule has 2 heterocycles. The van der Waals surface area contributed by atoms with Crippen molar-refractivity contribution in [2.24, 2.45) is 0 Å². The van der Waals surface area contributed by atoms with E-state index in [9.17, 15) is 0 Å². The van der Waals surface area contributed by atoms with E-state index in [2.05, 4.69) is 22.5 Å². The lowest BCUT2D eigenvalue weighted by molar-refractivity contribution is 1.03. The molecule has 0 N–H and O–H groups in total. The summed E-state index contributed by atoms with van der Waals surface area (Å²) < 4.78 is 0. The van der Waals surface area contributed by atoms with E-state index in [1.165, 1.54) is 5.56 Å². The molecule has 0 saturated carbocycles. The molecular weight excluding hydrogens is 142 g/mol. The van der Waals surface area contributed by atoms with Gasteiger partial charge in [-0.05, 0) is 23.5 Å². The highest BCUT2D eigenvalue weighted by atomic mass is 32.2. The normalized spacial score (nSPS) is 14.8.